The van der Waals surface area contributed by atoms with Gasteiger partial charge in [0, 0.05) is 6.07 Å². The lowest BCUT2D eigenvalue weighted by Gasteiger charge is -2.40. The van der Waals surface area contributed by atoms with Gasteiger partial charge in [0.25, 0.3) is 0 Å². The second-order valence-electron chi connectivity index (χ2n) is 6.18. The zero-order valence-corrected chi connectivity index (χ0v) is 13.4. The van der Waals surface area contributed by atoms with Gasteiger partial charge in [0.1, 0.15) is 16.5 Å². The number of halogens is 8. The van der Waals surface area contributed by atoms with Gasteiger partial charge in [-0.1, -0.05) is 39.2 Å². The molecule has 0 atom stereocenters. The maximum atomic E-state index is 14.0. The minimum atomic E-state index is -10.2. The third-order valence-corrected chi connectivity index (χ3v) is 5.23. The molecule has 2 rings (SSSR count). The molecule has 1 aromatic rings. The van der Waals surface area contributed by atoms with E-state index in [1.807, 2.05) is 6.92 Å². The van der Waals surface area contributed by atoms with Crippen LogP contribution in [0.2, 0.25) is 0 Å². The molecule has 1 fully saturated rings. The molecular formula is C14H16F8OS. The summed E-state index contributed by atoms with van der Waals surface area (Å²) in [6.45, 7) is 1.91. The molecular weight excluding hydrogens is 368 g/mol. The molecule has 1 saturated carbocycles. The lowest BCUT2D eigenvalue weighted by molar-refractivity contribution is -0.223. The summed E-state index contributed by atoms with van der Waals surface area (Å²) in [6.07, 6.45) is -2.33. The first-order valence-electron chi connectivity index (χ1n) is 7.19. The molecule has 140 valence electrons. The second kappa shape index (κ2) is 5.15. The van der Waals surface area contributed by atoms with Crippen molar-refractivity contribution in [3.05, 3.63) is 24.0 Å². The summed E-state index contributed by atoms with van der Waals surface area (Å²) in [5.74, 6) is -4.15. The van der Waals surface area contributed by atoms with Gasteiger partial charge in [0.15, 0.2) is 0 Å². The Labute approximate surface area is 133 Å². The van der Waals surface area contributed by atoms with Crippen LogP contribution in [0.1, 0.15) is 32.6 Å². The molecule has 10 heteroatoms. The van der Waals surface area contributed by atoms with E-state index in [1.54, 1.807) is 0 Å². The topological polar surface area (TPSA) is 9.23 Å². The largest absolute Gasteiger partial charge is 0.432 e. The molecule has 1 aliphatic carbocycles. The molecule has 1 aliphatic rings. The van der Waals surface area contributed by atoms with E-state index >= 15 is 0 Å². The van der Waals surface area contributed by atoms with Crippen molar-refractivity contribution in [2.45, 2.75) is 43.6 Å². The first-order chi connectivity index (χ1) is 10.6. The summed E-state index contributed by atoms with van der Waals surface area (Å²) in [5.41, 5.74) is 0. The van der Waals surface area contributed by atoms with Crippen molar-refractivity contribution in [2.24, 2.45) is 11.8 Å². The summed E-state index contributed by atoms with van der Waals surface area (Å²) in [6, 6.07) is -0.0898. The molecule has 0 N–H and O–H groups in total. The molecule has 1 nitrogen and oxygen atoms in total. The van der Waals surface area contributed by atoms with Gasteiger partial charge in [-0.25, -0.2) is 4.39 Å². The van der Waals surface area contributed by atoms with Crippen molar-refractivity contribution in [3.8, 4) is 5.75 Å². The summed E-state index contributed by atoms with van der Waals surface area (Å²) < 4.78 is 109. The minimum Gasteiger partial charge on any atom is -0.432 e. The van der Waals surface area contributed by atoms with Crippen LogP contribution in [0, 0.1) is 17.7 Å². The normalized spacial score (nSPS) is 25.7. The van der Waals surface area contributed by atoms with Crippen LogP contribution in [0.25, 0.3) is 0 Å². The van der Waals surface area contributed by atoms with E-state index in [0.29, 0.717) is 12.8 Å². The van der Waals surface area contributed by atoms with Crippen LogP contribution in [-0.2, 0) is 0 Å². The second-order valence-corrected chi connectivity index (χ2v) is 8.56. The average molecular weight is 384 g/mol. The number of rotatable bonds is 4. The van der Waals surface area contributed by atoms with E-state index in [-0.39, 0.29) is 37.0 Å². The summed E-state index contributed by atoms with van der Waals surface area (Å²) in [7, 11) is -10.2. The molecule has 0 aliphatic heterocycles. The molecule has 0 heterocycles. The Balaban J connectivity index is 2.21. The van der Waals surface area contributed by atoms with Gasteiger partial charge in [-0.05, 0) is 30.9 Å². The highest BCUT2D eigenvalue weighted by molar-refractivity contribution is 8.45. The Morgan fingerprint density at radius 3 is 2.00 bits per heavy atom. The summed E-state index contributed by atoms with van der Waals surface area (Å²) in [4.78, 5) is -2.75. The number of hydrogen-bond acceptors (Lipinski definition) is 1. The van der Waals surface area contributed by atoms with E-state index in [9.17, 15) is 32.6 Å². The molecule has 0 bridgehead atoms. The Bertz CT molecular complexity index is 619. The van der Waals surface area contributed by atoms with E-state index in [2.05, 4.69) is 4.74 Å². The number of alkyl halides is 2. The van der Waals surface area contributed by atoms with Crippen LogP contribution < -0.4 is 4.74 Å². The van der Waals surface area contributed by atoms with E-state index in [4.69, 9.17) is 0 Å². The van der Waals surface area contributed by atoms with Crippen LogP contribution in [0.15, 0.2) is 23.1 Å². The third kappa shape index (κ3) is 4.46. The first kappa shape index (κ1) is 19.1. The maximum absolute atomic E-state index is 14.0. The first-order valence-corrected chi connectivity index (χ1v) is 9.14. The smallest absolute Gasteiger partial charge is 0.400 e. The van der Waals surface area contributed by atoms with Gasteiger partial charge in [0.05, 0.1) is 5.92 Å². The van der Waals surface area contributed by atoms with E-state index in [0.717, 1.165) is 0 Å². The van der Waals surface area contributed by atoms with Gasteiger partial charge < -0.3 is 4.74 Å². The van der Waals surface area contributed by atoms with Gasteiger partial charge in [-0.15, -0.1) is 0 Å². The summed E-state index contributed by atoms with van der Waals surface area (Å²) in [5, 5.41) is 0. The molecule has 0 spiro atoms. The van der Waals surface area contributed by atoms with Gasteiger partial charge in [0.2, 0.25) is 0 Å². The zero-order valence-electron chi connectivity index (χ0n) is 12.6. The Hall–Kier alpha value is -1.19. The minimum absolute atomic E-state index is 0.0907. The number of benzene rings is 1. The zero-order chi connectivity index (χ0) is 18.5. The van der Waals surface area contributed by atoms with Gasteiger partial charge >= 0.3 is 16.3 Å². The van der Waals surface area contributed by atoms with Crippen molar-refractivity contribution >= 4 is 10.2 Å². The van der Waals surface area contributed by atoms with E-state index < -0.39 is 38.7 Å². The Morgan fingerprint density at radius 1 is 1.00 bits per heavy atom. The molecule has 24 heavy (non-hydrogen) atoms. The monoisotopic (exact) mass is 384 g/mol. The highest BCUT2D eigenvalue weighted by atomic mass is 32.5. The lowest BCUT2D eigenvalue weighted by Crippen LogP contribution is -2.37. The molecule has 1 aromatic carbocycles. The van der Waals surface area contributed by atoms with Crippen molar-refractivity contribution in [2.75, 3.05) is 0 Å². The summed E-state index contributed by atoms with van der Waals surface area (Å²) >= 11 is 0. The molecule has 0 aromatic heterocycles. The number of ether oxygens (including phenoxy) is 1. The van der Waals surface area contributed by atoms with Crippen LogP contribution in [0.5, 0.6) is 5.75 Å². The van der Waals surface area contributed by atoms with Crippen molar-refractivity contribution in [1.29, 1.82) is 0 Å². The van der Waals surface area contributed by atoms with Crippen LogP contribution >= 0.6 is 10.2 Å². The quantitative estimate of drug-likeness (QED) is 0.496. The van der Waals surface area contributed by atoms with Crippen molar-refractivity contribution in [3.63, 3.8) is 0 Å². The van der Waals surface area contributed by atoms with Crippen LogP contribution in [-0.4, -0.2) is 6.11 Å². The van der Waals surface area contributed by atoms with Crippen LogP contribution in [0.4, 0.5) is 32.6 Å². The standard InChI is InChI=1S/C14H16F8OS/c1-9-2-4-10(5-3-9)14(16,17)23-11-6-7-13(12(15)8-11)24(18,19,20,21)22/h6-10H,2-5H2,1H3. The predicted molar refractivity (Wildman–Crippen MR) is 74.5 cm³/mol. The van der Waals surface area contributed by atoms with Crippen molar-refractivity contribution in [1.82, 2.24) is 0 Å². The fraction of sp³-hybridized carbons (Fsp3) is 0.571. The average Bonchev–Trinajstić information content (AvgIpc) is 2.35. The van der Waals surface area contributed by atoms with Gasteiger partial charge in [-0.2, -0.15) is 8.78 Å². The lowest BCUT2D eigenvalue weighted by atomic mass is 9.82. The highest BCUT2D eigenvalue weighted by Gasteiger charge is 2.67. The molecule has 0 amide bonds. The molecule has 0 unspecified atom stereocenters. The third-order valence-electron chi connectivity index (χ3n) is 4.06. The van der Waals surface area contributed by atoms with Gasteiger partial charge in [-0.3, -0.25) is 0 Å². The molecule has 0 saturated heterocycles. The fourth-order valence-electron chi connectivity index (χ4n) is 2.69. The fourth-order valence-corrected chi connectivity index (χ4v) is 3.45. The Morgan fingerprint density at radius 2 is 1.54 bits per heavy atom. The molecule has 0 radical (unpaired) electrons. The van der Waals surface area contributed by atoms with E-state index in [1.165, 1.54) is 0 Å². The SMILES string of the molecule is CC1CCC(C(F)(F)Oc2ccc(S(F)(F)(F)(F)F)c(F)c2)CC1. The Kier molecular flexibility index (Phi) is 4.11. The predicted octanol–water partition coefficient (Wildman–Crippen LogP) is 7.28. The highest BCUT2D eigenvalue weighted by Crippen LogP contribution is 3.02. The van der Waals surface area contributed by atoms with Crippen LogP contribution in [0.3, 0.4) is 0 Å². The number of hydrogen-bond donors (Lipinski definition) is 0. The maximum Gasteiger partial charge on any atom is 0.400 e. The van der Waals surface area contributed by atoms with Crippen molar-refractivity contribution < 1.29 is 37.3 Å².